The number of hydrogen-bond donors (Lipinski definition) is 2. The second-order valence-electron chi connectivity index (χ2n) is 3.58. The predicted octanol–water partition coefficient (Wildman–Crippen LogP) is 2.19. The average molecular weight is 227 g/mol. The molecule has 0 spiro atoms. The van der Waals surface area contributed by atoms with E-state index >= 15 is 0 Å². The Balaban J connectivity index is 2.80. The van der Waals surface area contributed by atoms with Crippen LogP contribution in [-0.4, -0.2) is 12.5 Å². The summed E-state index contributed by atoms with van der Waals surface area (Å²) in [5, 5.41) is 3.25. The number of aryl methyl sites for hydroxylation is 1. The number of anilines is 1. The highest BCUT2D eigenvalue weighted by atomic mass is 35.5. The second-order valence-corrected chi connectivity index (χ2v) is 4.02. The van der Waals surface area contributed by atoms with Crippen molar-refractivity contribution in [2.24, 2.45) is 5.73 Å². The van der Waals surface area contributed by atoms with Crippen LogP contribution in [0.1, 0.15) is 18.9 Å². The zero-order valence-corrected chi connectivity index (χ0v) is 9.42. The first kappa shape index (κ1) is 12.0. The highest BCUT2D eigenvalue weighted by molar-refractivity contribution is 6.30. The average Bonchev–Trinajstić information content (AvgIpc) is 2.17. The monoisotopic (exact) mass is 226 g/mol. The standard InChI is InChI=1S/C11H15ClN2O/c1-8(13)2-3-9-4-5-10(12)6-11(9)14-7-15/h4-8H,2-3,13H2,1H3,(H,14,15). The molecule has 0 fully saturated rings. The highest BCUT2D eigenvalue weighted by Gasteiger charge is 2.04. The van der Waals surface area contributed by atoms with Gasteiger partial charge in [-0.1, -0.05) is 17.7 Å². The van der Waals surface area contributed by atoms with Crippen LogP contribution in [0.25, 0.3) is 0 Å². The van der Waals surface area contributed by atoms with Crippen LogP contribution < -0.4 is 11.1 Å². The molecule has 1 amide bonds. The normalized spacial score (nSPS) is 12.2. The molecule has 1 unspecified atom stereocenters. The van der Waals surface area contributed by atoms with Gasteiger partial charge in [-0.3, -0.25) is 4.79 Å². The van der Waals surface area contributed by atoms with Crippen molar-refractivity contribution >= 4 is 23.7 Å². The largest absolute Gasteiger partial charge is 0.328 e. The summed E-state index contributed by atoms with van der Waals surface area (Å²) in [5.74, 6) is 0. The fraction of sp³-hybridized carbons (Fsp3) is 0.364. The lowest BCUT2D eigenvalue weighted by atomic mass is 10.0. The predicted molar refractivity (Wildman–Crippen MR) is 63.1 cm³/mol. The van der Waals surface area contributed by atoms with Crippen molar-refractivity contribution in [1.29, 1.82) is 0 Å². The summed E-state index contributed by atoms with van der Waals surface area (Å²) in [5.41, 5.74) is 7.50. The molecule has 82 valence electrons. The van der Waals surface area contributed by atoms with Crippen LogP contribution in [-0.2, 0) is 11.2 Å². The summed E-state index contributed by atoms with van der Waals surface area (Å²) >= 11 is 5.83. The van der Waals surface area contributed by atoms with Gasteiger partial charge in [0.2, 0.25) is 6.41 Å². The number of benzene rings is 1. The Morgan fingerprint density at radius 3 is 2.93 bits per heavy atom. The molecule has 0 saturated heterocycles. The van der Waals surface area contributed by atoms with Crippen molar-refractivity contribution in [3.8, 4) is 0 Å². The van der Waals surface area contributed by atoms with Gasteiger partial charge in [-0.05, 0) is 37.5 Å². The van der Waals surface area contributed by atoms with Crippen molar-refractivity contribution in [3.05, 3.63) is 28.8 Å². The lowest BCUT2D eigenvalue weighted by Gasteiger charge is -2.10. The molecule has 0 radical (unpaired) electrons. The summed E-state index contributed by atoms with van der Waals surface area (Å²) in [6.45, 7) is 1.96. The number of nitrogens with one attached hydrogen (secondary N) is 1. The Hall–Kier alpha value is -1.06. The molecule has 0 aliphatic carbocycles. The molecule has 0 aliphatic rings. The minimum atomic E-state index is 0.157. The van der Waals surface area contributed by atoms with Gasteiger partial charge in [-0.15, -0.1) is 0 Å². The molecule has 1 aromatic carbocycles. The van der Waals surface area contributed by atoms with Crippen LogP contribution in [0.2, 0.25) is 5.02 Å². The van der Waals surface area contributed by atoms with E-state index in [-0.39, 0.29) is 6.04 Å². The molecule has 3 N–H and O–H groups in total. The van der Waals surface area contributed by atoms with Gasteiger partial charge in [-0.25, -0.2) is 0 Å². The Kier molecular flexibility index (Phi) is 4.59. The van der Waals surface area contributed by atoms with E-state index in [1.165, 1.54) is 0 Å². The van der Waals surface area contributed by atoms with Crippen molar-refractivity contribution < 1.29 is 4.79 Å². The molecular formula is C11H15ClN2O. The van der Waals surface area contributed by atoms with Crippen LogP contribution >= 0.6 is 11.6 Å². The first-order chi connectivity index (χ1) is 7.13. The summed E-state index contributed by atoms with van der Waals surface area (Å²) in [6.07, 6.45) is 2.38. The van der Waals surface area contributed by atoms with E-state index in [2.05, 4.69) is 5.32 Å². The fourth-order valence-corrected chi connectivity index (χ4v) is 1.52. The zero-order chi connectivity index (χ0) is 11.3. The van der Waals surface area contributed by atoms with E-state index in [0.717, 1.165) is 24.1 Å². The van der Waals surface area contributed by atoms with Crippen LogP contribution in [0.4, 0.5) is 5.69 Å². The first-order valence-electron chi connectivity index (χ1n) is 4.87. The second kappa shape index (κ2) is 5.73. The molecular weight excluding hydrogens is 212 g/mol. The highest BCUT2D eigenvalue weighted by Crippen LogP contribution is 2.22. The number of carbonyl (C=O) groups excluding carboxylic acids is 1. The van der Waals surface area contributed by atoms with E-state index in [0.29, 0.717) is 11.4 Å². The van der Waals surface area contributed by atoms with Crippen LogP contribution in [0.15, 0.2) is 18.2 Å². The number of nitrogens with two attached hydrogens (primary N) is 1. The fourth-order valence-electron chi connectivity index (χ4n) is 1.35. The van der Waals surface area contributed by atoms with E-state index in [4.69, 9.17) is 17.3 Å². The van der Waals surface area contributed by atoms with Gasteiger partial charge in [0.05, 0.1) is 0 Å². The van der Waals surface area contributed by atoms with Gasteiger partial charge >= 0.3 is 0 Å². The Morgan fingerprint density at radius 2 is 2.33 bits per heavy atom. The van der Waals surface area contributed by atoms with Gasteiger partial charge in [-0.2, -0.15) is 0 Å². The van der Waals surface area contributed by atoms with E-state index in [1.807, 2.05) is 19.1 Å². The topological polar surface area (TPSA) is 55.1 Å². The quantitative estimate of drug-likeness (QED) is 0.757. The third-order valence-electron chi connectivity index (χ3n) is 2.16. The lowest BCUT2D eigenvalue weighted by molar-refractivity contribution is -0.105. The minimum Gasteiger partial charge on any atom is -0.328 e. The van der Waals surface area contributed by atoms with Crippen LogP contribution in [0, 0.1) is 0 Å². The molecule has 4 heteroatoms. The summed E-state index contributed by atoms with van der Waals surface area (Å²) in [6, 6.07) is 5.63. The molecule has 3 nitrogen and oxygen atoms in total. The van der Waals surface area contributed by atoms with E-state index in [9.17, 15) is 4.79 Å². The molecule has 15 heavy (non-hydrogen) atoms. The number of halogens is 1. The molecule has 1 aromatic rings. The Morgan fingerprint density at radius 1 is 1.60 bits per heavy atom. The maximum Gasteiger partial charge on any atom is 0.211 e. The number of amides is 1. The maximum absolute atomic E-state index is 10.4. The van der Waals surface area contributed by atoms with Crippen molar-refractivity contribution in [2.45, 2.75) is 25.8 Å². The van der Waals surface area contributed by atoms with Gasteiger partial charge in [0.25, 0.3) is 0 Å². The summed E-state index contributed by atoms with van der Waals surface area (Å²) in [7, 11) is 0. The SMILES string of the molecule is CC(N)CCc1ccc(Cl)cc1NC=O. The molecule has 0 heterocycles. The van der Waals surface area contributed by atoms with Gasteiger partial charge < -0.3 is 11.1 Å². The molecule has 1 atom stereocenters. The van der Waals surface area contributed by atoms with E-state index < -0.39 is 0 Å². The number of rotatable bonds is 5. The van der Waals surface area contributed by atoms with Gasteiger partial charge in [0, 0.05) is 16.8 Å². The lowest BCUT2D eigenvalue weighted by Crippen LogP contribution is -2.15. The van der Waals surface area contributed by atoms with Crippen LogP contribution in [0.3, 0.4) is 0 Å². The molecule has 0 aromatic heterocycles. The Bertz CT molecular complexity index is 339. The third kappa shape index (κ3) is 3.90. The molecule has 0 saturated carbocycles. The maximum atomic E-state index is 10.4. The van der Waals surface area contributed by atoms with Crippen molar-refractivity contribution in [3.63, 3.8) is 0 Å². The molecule has 0 aliphatic heterocycles. The van der Waals surface area contributed by atoms with Gasteiger partial charge in [0.1, 0.15) is 0 Å². The summed E-state index contributed by atoms with van der Waals surface area (Å²) < 4.78 is 0. The molecule has 0 bridgehead atoms. The first-order valence-corrected chi connectivity index (χ1v) is 5.25. The number of hydrogen-bond acceptors (Lipinski definition) is 2. The van der Waals surface area contributed by atoms with Crippen LogP contribution in [0.5, 0.6) is 0 Å². The zero-order valence-electron chi connectivity index (χ0n) is 8.66. The van der Waals surface area contributed by atoms with E-state index in [1.54, 1.807) is 6.07 Å². The van der Waals surface area contributed by atoms with Gasteiger partial charge in [0.15, 0.2) is 0 Å². The summed E-state index contributed by atoms with van der Waals surface area (Å²) in [4.78, 5) is 10.4. The number of carbonyl (C=O) groups is 1. The third-order valence-corrected chi connectivity index (χ3v) is 2.39. The minimum absolute atomic E-state index is 0.157. The van der Waals surface area contributed by atoms with Crippen molar-refractivity contribution in [2.75, 3.05) is 5.32 Å². The smallest absolute Gasteiger partial charge is 0.211 e. The van der Waals surface area contributed by atoms with Crippen molar-refractivity contribution in [1.82, 2.24) is 0 Å². The molecule has 1 rings (SSSR count). The Labute approximate surface area is 94.6 Å².